The minimum absolute atomic E-state index is 0.303. The molecule has 1 aliphatic rings. The van der Waals surface area contributed by atoms with Gasteiger partial charge < -0.3 is 24.8 Å². The van der Waals surface area contributed by atoms with Crippen LogP contribution in [-0.2, 0) is 9.47 Å². The van der Waals surface area contributed by atoms with Gasteiger partial charge in [-0.05, 0) is 0 Å². The third-order valence-electron chi connectivity index (χ3n) is 2.42. The van der Waals surface area contributed by atoms with Crippen molar-refractivity contribution in [3.8, 4) is 0 Å². The molecule has 0 spiro atoms. The Morgan fingerprint density at radius 2 is 1.92 bits per heavy atom. The summed E-state index contributed by atoms with van der Waals surface area (Å²) in [5.74, 6) is -0.303. The summed E-state index contributed by atoms with van der Waals surface area (Å²) in [6, 6.07) is 0. The highest BCUT2D eigenvalue weighted by Crippen LogP contribution is 2.25. The van der Waals surface area contributed by atoms with Crippen molar-refractivity contribution in [2.75, 3.05) is 13.7 Å². The maximum atomic E-state index is 9.53. The number of aliphatic hydroxyl groups excluding tert-OH is 3. The average Bonchev–Trinajstić information content (AvgIpc) is 2.15. The summed E-state index contributed by atoms with van der Waals surface area (Å²) in [5, 5.41) is 27.8. The lowest BCUT2D eigenvalue weighted by atomic mass is 9.93. The Balaban J connectivity index is 2.66. The molecule has 78 valence electrons. The highest BCUT2D eigenvalue weighted by atomic mass is 16.7. The van der Waals surface area contributed by atoms with E-state index in [1.54, 1.807) is 6.92 Å². The van der Waals surface area contributed by atoms with Gasteiger partial charge in [-0.3, -0.25) is 0 Å². The fourth-order valence-electron chi connectivity index (χ4n) is 1.49. The lowest BCUT2D eigenvalue weighted by molar-refractivity contribution is -0.274. The summed E-state index contributed by atoms with van der Waals surface area (Å²) in [5.41, 5.74) is 0. The number of aliphatic hydroxyl groups is 3. The molecule has 1 heterocycles. The molecule has 5 heteroatoms. The molecular weight excluding hydrogens is 176 g/mol. The van der Waals surface area contributed by atoms with Gasteiger partial charge in [-0.25, -0.2) is 0 Å². The van der Waals surface area contributed by atoms with E-state index in [2.05, 4.69) is 0 Å². The quantitative estimate of drug-likeness (QED) is 0.507. The molecule has 1 saturated heterocycles. The maximum Gasteiger partial charge on any atom is 0.162 e. The van der Waals surface area contributed by atoms with Gasteiger partial charge in [0.2, 0.25) is 0 Å². The Kier molecular flexibility index (Phi) is 3.63. The van der Waals surface area contributed by atoms with Gasteiger partial charge in [0.05, 0.1) is 12.7 Å². The van der Waals surface area contributed by atoms with Gasteiger partial charge >= 0.3 is 0 Å². The fraction of sp³-hybridized carbons (Fsp3) is 1.00. The van der Waals surface area contributed by atoms with E-state index in [9.17, 15) is 10.2 Å². The molecule has 0 aromatic carbocycles. The van der Waals surface area contributed by atoms with E-state index in [-0.39, 0.29) is 12.5 Å². The second-order valence-electron chi connectivity index (χ2n) is 3.30. The molecule has 5 atom stereocenters. The molecule has 1 aliphatic heterocycles. The van der Waals surface area contributed by atoms with E-state index in [1.165, 1.54) is 7.11 Å². The summed E-state index contributed by atoms with van der Waals surface area (Å²) >= 11 is 0. The number of rotatable bonds is 2. The monoisotopic (exact) mass is 192 g/mol. The predicted octanol–water partition coefficient (Wildman–Crippen LogP) is -1.29. The molecule has 1 rings (SSSR count). The number of methoxy groups -OCH3 is 1. The zero-order chi connectivity index (χ0) is 10.0. The molecule has 1 fully saturated rings. The van der Waals surface area contributed by atoms with Gasteiger partial charge in [0.1, 0.15) is 12.2 Å². The minimum atomic E-state index is -1.05. The smallest absolute Gasteiger partial charge is 0.162 e. The van der Waals surface area contributed by atoms with Crippen LogP contribution in [0.2, 0.25) is 0 Å². The molecule has 0 bridgehead atoms. The average molecular weight is 192 g/mol. The Labute approximate surface area is 76.9 Å². The Hall–Kier alpha value is -0.200. The minimum Gasteiger partial charge on any atom is -0.394 e. The van der Waals surface area contributed by atoms with Crippen LogP contribution >= 0.6 is 0 Å². The largest absolute Gasteiger partial charge is 0.394 e. The van der Waals surface area contributed by atoms with Gasteiger partial charge in [0.15, 0.2) is 6.29 Å². The molecule has 0 amide bonds. The Morgan fingerprint density at radius 1 is 1.31 bits per heavy atom. The van der Waals surface area contributed by atoms with E-state index in [0.29, 0.717) is 0 Å². The molecule has 0 aromatic heterocycles. The SMILES string of the molecule is CO[C@H]1O[C@H](CO)[C@@H](O)[C@@H](O)[C@@H]1C. The van der Waals surface area contributed by atoms with E-state index in [4.69, 9.17) is 14.6 Å². The standard InChI is InChI=1S/C8H16O5/c1-4-6(10)7(11)5(3-9)13-8(4)12-2/h4-11H,3H2,1-2H3/t4-,5+,6-,7+,8-/m0/s1. The molecule has 13 heavy (non-hydrogen) atoms. The van der Waals surface area contributed by atoms with Crippen molar-refractivity contribution in [1.82, 2.24) is 0 Å². The lowest BCUT2D eigenvalue weighted by Gasteiger charge is -2.40. The first kappa shape index (κ1) is 10.9. The van der Waals surface area contributed by atoms with Gasteiger partial charge in [-0.1, -0.05) is 6.92 Å². The zero-order valence-electron chi connectivity index (χ0n) is 7.75. The number of ether oxygens (including phenoxy) is 2. The van der Waals surface area contributed by atoms with Crippen molar-refractivity contribution in [3.63, 3.8) is 0 Å². The van der Waals surface area contributed by atoms with Gasteiger partial charge in [-0.15, -0.1) is 0 Å². The summed E-state index contributed by atoms with van der Waals surface area (Å²) in [4.78, 5) is 0. The highest BCUT2D eigenvalue weighted by molar-refractivity contribution is 4.86. The Bertz CT molecular complexity index is 143. The third kappa shape index (κ3) is 2.00. The van der Waals surface area contributed by atoms with Gasteiger partial charge in [0, 0.05) is 13.0 Å². The van der Waals surface area contributed by atoms with E-state index in [0.717, 1.165) is 0 Å². The zero-order valence-corrected chi connectivity index (χ0v) is 7.75. The Morgan fingerprint density at radius 3 is 2.38 bits per heavy atom. The molecule has 5 nitrogen and oxygen atoms in total. The second kappa shape index (κ2) is 4.34. The molecule has 0 aromatic rings. The van der Waals surface area contributed by atoms with Crippen LogP contribution in [-0.4, -0.2) is 53.6 Å². The first-order valence-corrected chi connectivity index (χ1v) is 4.27. The van der Waals surface area contributed by atoms with Crippen molar-refractivity contribution in [2.24, 2.45) is 5.92 Å². The fourth-order valence-corrected chi connectivity index (χ4v) is 1.49. The van der Waals surface area contributed by atoms with Gasteiger partial charge in [0.25, 0.3) is 0 Å². The molecule has 0 saturated carbocycles. The maximum absolute atomic E-state index is 9.53. The van der Waals surface area contributed by atoms with Crippen LogP contribution in [0, 0.1) is 5.92 Å². The number of hydrogen-bond donors (Lipinski definition) is 3. The summed E-state index contributed by atoms with van der Waals surface area (Å²) < 4.78 is 10.1. The van der Waals surface area contributed by atoms with Crippen molar-refractivity contribution >= 4 is 0 Å². The molecule has 3 N–H and O–H groups in total. The third-order valence-corrected chi connectivity index (χ3v) is 2.42. The van der Waals surface area contributed by atoms with Crippen LogP contribution in [0.5, 0.6) is 0 Å². The lowest BCUT2D eigenvalue weighted by Crippen LogP contribution is -2.55. The van der Waals surface area contributed by atoms with E-state index < -0.39 is 24.6 Å². The van der Waals surface area contributed by atoms with Crippen LogP contribution in [0.25, 0.3) is 0 Å². The predicted molar refractivity (Wildman–Crippen MR) is 43.9 cm³/mol. The summed E-state index contributed by atoms with van der Waals surface area (Å²) in [7, 11) is 1.46. The van der Waals surface area contributed by atoms with Crippen LogP contribution in [0.3, 0.4) is 0 Å². The van der Waals surface area contributed by atoms with Crippen LogP contribution in [0.15, 0.2) is 0 Å². The second-order valence-corrected chi connectivity index (χ2v) is 3.30. The van der Waals surface area contributed by atoms with Gasteiger partial charge in [-0.2, -0.15) is 0 Å². The van der Waals surface area contributed by atoms with Crippen molar-refractivity contribution < 1.29 is 24.8 Å². The van der Waals surface area contributed by atoms with Crippen LogP contribution in [0.4, 0.5) is 0 Å². The number of hydrogen-bond acceptors (Lipinski definition) is 5. The van der Waals surface area contributed by atoms with E-state index >= 15 is 0 Å². The topological polar surface area (TPSA) is 79.2 Å². The van der Waals surface area contributed by atoms with Crippen LogP contribution in [0.1, 0.15) is 6.92 Å². The molecule has 0 aliphatic carbocycles. The highest BCUT2D eigenvalue weighted by Gasteiger charge is 2.41. The molecule has 0 unspecified atom stereocenters. The van der Waals surface area contributed by atoms with E-state index in [1.807, 2.05) is 0 Å². The van der Waals surface area contributed by atoms with Crippen molar-refractivity contribution in [1.29, 1.82) is 0 Å². The molecule has 0 radical (unpaired) electrons. The molecular formula is C8H16O5. The first-order chi connectivity index (χ1) is 6.11. The van der Waals surface area contributed by atoms with Crippen LogP contribution < -0.4 is 0 Å². The van der Waals surface area contributed by atoms with Crippen molar-refractivity contribution in [2.45, 2.75) is 31.5 Å². The normalized spacial score (nSPS) is 46.4. The van der Waals surface area contributed by atoms with Crippen molar-refractivity contribution in [3.05, 3.63) is 0 Å². The first-order valence-electron chi connectivity index (χ1n) is 4.27. The summed E-state index contributed by atoms with van der Waals surface area (Å²) in [6.07, 6.45) is -3.31. The summed E-state index contributed by atoms with van der Waals surface area (Å²) in [6.45, 7) is 1.39.